The third-order valence-corrected chi connectivity index (χ3v) is 4.45. The van der Waals surface area contributed by atoms with E-state index in [4.69, 9.17) is 17.3 Å². The second kappa shape index (κ2) is 9.55. The topological polar surface area (TPSA) is 84.9 Å². The van der Waals surface area contributed by atoms with Gasteiger partial charge in [-0.3, -0.25) is 0 Å². The van der Waals surface area contributed by atoms with Crippen molar-refractivity contribution in [2.24, 2.45) is 16.8 Å². The number of halogens is 1. The molecule has 1 aliphatic carbocycles. The second-order valence-electron chi connectivity index (χ2n) is 5.81. The zero-order valence-corrected chi connectivity index (χ0v) is 15.2. The Bertz CT molecular complexity index is 770. The normalized spacial score (nSPS) is 21.7. The number of carbonyl (C=O) groups excluding carboxylic acids is 1. The lowest BCUT2D eigenvalue weighted by atomic mass is 9.67. The first kappa shape index (κ1) is 21.9. The van der Waals surface area contributed by atoms with Gasteiger partial charge >= 0.3 is 5.97 Å². The molecule has 0 bridgehead atoms. The summed E-state index contributed by atoms with van der Waals surface area (Å²) in [6.45, 7) is 4.00. The Morgan fingerprint density at radius 1 is 1.27 bits per heavy atom. The Morgan fingerprint density at radius 2 is 1.88 bits per heavy atom. The highest BCUT2D eigenvalue weighted by molar-refractivity contribution is 6.26. The summed E-state index contributed by atoms with van der Waals surface area (Å²) in [5.41, 5.74) is 5.72. The summed E-state index contributed by atoms with van der Waals surface area (Å²) in [6.07, 6.45) is 0.887. The van der Waals surface area contributed by atoms with Crippen molar-refractivity contribution in [3.05, 3.63) is 48.0 Å². The number of nitrogens with zero attached hydrogens (tertiary/aromatic N) is 1. The van der Waals surface area contributed by atoms with Gasteiger partial charge in [-0.2, -0.15) is 0 Å². The molecular formula is C20H27ClN2O3. The molecule has 5 nitrogen and oxygen atoms in total. The van der Waals surface area contributed by atoms with Crippen LogP contribution in [0.25, 0.3) is 10.8 Å². The summed E-state index contributed by atoms with van der Waals surface area (Å²) >= 11 is 5.31. The fraction of sp³-hybridized carbons (Fsp3) is 0.400. The summed E-state index contributed by atoms with van der Waals surface area (Å²) in [5.74, 6) is -0.843. The number of oxime groups is 1. The maximum atomic E-state index is 11.0. The zero-order valence-electron chi connectivity index (χ0n) is 14.4. The van der Waals surface area contributed by atoms with E-state index in [0.717, 1.165) is 16.3 Å². The first-order valence-electron chi connectivity index (χ1n) is 8.33. The standard InChI is InChI=1S/C17H17ClN2O3.C2H6.CH4/c18-10-15(21)23-20-16(19)13-8-17(22,9-13)14-6-5-11-3-1-2-4-12(11)7-14;1-2;/h1-7,13,22H,8-10H2,(H2,19,20);1-2H3;1H4. The van der Waals surface area contributed by atoms with Crippen molar-refractivity contribution < 1.29 is 14.7 Å². The van der Waals surface area contributed by atoms with E-state index in [1.807, 2.05) is 56.3 Å². The van der Waals surface area contributed by atoms with E-state index in [0.29, 0.717) is 12.8 Å². The number of nitrogens with two attached hydrogens (primary N) is 1. The van der Waals surface area contributed by atoms with Crippen LogP contribution in [0.4, 0.5) is 0 Å². The van der Waals surface area contributed by atoms with Crippen molar-refractivity contribution in [3.63, 3.8) is 0 Å². The Balaban J connectivity index is 0.00000109. The van der Waals surface area contributed by atoms with Crippen molar-refractivity contribution in [3.8, 4) is 0 Å². The highest BCUT2D eigenvalue weighted by Crippen LogP contribution is 2.46. The first-order valence-corrected chi connectivity index (χ1v) is 8.86. The number of amidine groups is 1. The molecule has 3 rings (SSSR count). The number of rotatable bonds is 4. The number of hydrogen-bond acceptors (Lipinski definition) is 4. The van der Waals surface area contributed by atoms with E-state index in [1.54, 1.807) is 0 Å². The van der Waals surface area contributed by atoms with Crippen molar-refractivity contribution in [1.82, 2.24) is 0 Å². The van der Waals surface area contributed by atoms with Crippen LogP contribution in [0.15, 0.2) is 47.6 Å². The lowest BCUT2D eigenvalue weighted by molar-refractivity contribution is -0.140. The van der Waals surface area contributed by atoms with Gasteiger partial charge in [-0.05, 0) is 35.2 Å². The number of alkyl halides is 1. The average Bonchev–Trinajstić information content (AvgIpc) is 2.64. The van der Waals surface area contributed by atoms with Gasteiger partial charge in [-0.1, -0.05) is 62.8 Å². The maximum absolute atomic E-state index is 11.0. The summed E-state index contributed by atoms with van der Waals surface area (Å²) in [5, 5.41) is 16.5. The van der Waals surface area contributed by atoms with E-state index < -0.39 is 11.6 Å². The monoisotopic (exact) mass is 378 g/mol. The predicted molar refractivity (Wildman–Crippen MR) is 107 cm³/mol. The SMILES string of the molecule is C.CC.N/C(=N/OC(=O)CCl)C1CC(O)(c2ccc3ccccc3c2)C1. The predicted octanol–water partition coefficient (Wildman–Crippen LogP) is 4.15. The molecule has 1 saturated carbocycles. The molecule has 1 fully saturated rings. The number of hydrogen-bond donors (Lipinski definition) is 2. The van der Waals surface area contributed by atoms with Gasteiger partial charge in [0.1, 0.15) is 11.7 Å². The Hall–Kier alpha value is -2.11. The van der Waals surface area contributed by atoms with Crippen LogP contribution in [0.2, 0.25) is 0 Å². The minimum Gasteiger partial charge on any atom is -0.385 e. The molecular weight excluding hydrogens is 352 g/mol. The van der Waals surface area contributed by atoms with Crippen LogP contribution in [-0.4, -0.2) is 22.8 Å². The van der Waals surface area contributed by atoms with Gasteiger partial charge in [0.05, 0.1) is 5.60 Å². The fourth-order valence-electron chi connectivity index (χ4n) is 2.88. The quantitative estimate of drug-likeness (QED) is 0.275. The molecule has 6 heteroatoms. The molecule has 142 valence electrons. The zero-order chi connectivity index (χ0) is 18.4. The molecule has 0 atom stereocenters. The Kier molecular flexibility index (Phi) is 8.06. The van der Waals surface area contributed by atoms with E-state index in [9.17, 15) is 9.90 Å². The largest absolute Gasteiger partial charge is 0.385 e. The average molecular weight is 379 g/mol. The van der Waals surface area contributed by atoms with Gasteiger partial charge in [0.25, 0.3) is 0 Å². The van der Waals surface area contributed by atoms with Crippen molar-refractivity contribution in [1.29, 1.82) is 0 Å². The van der Waals surface area contributed by atoms with Gasteiger partial charge in [-0.15, -0.1) is 11.6 Å². The van der Waals surface area contributed by atoms with Crippen LogP contribution in [0, 0.1) is 5.92 Å². The van der Waals surface area contributed by atoms with Crippen LogP contribution in [0.3, 0.4) is 0 Å². The minimum atomic E-state index is -0.925. The van der Waals surface area contributed by atoms with Crippen molar-refractivity contribution in [2.45, 2.75) is 39.7 Å². The highest BCUT2D eigenvalue weighted by Gasteiger charge is 2.46. The molecule has 0 amide bonds. The molecule has 2 aromatic rings. The number of aliphatic hydroxyl groups is 1. The van der Waals surface area contributed by atoms with Crippen LogP contribution in [-0.2, 0) is 15.2 Å². The third-order valence-electron chi connectivity index (χ3n) is 4.24. The molecule has 0 radical (unpaired) electrons. The maximum Gasteiger partial charge on any atom is 0.349 e. The fourth-order valence-corrected chi connectivity index (χ4v) is 2.93. The molecule has 0 saturated heterocycles. The van der Waals surface area contributed by atoms with Gasteiger partial charge in [0, 0.05) is 5.92 Å². The van der Waals surface area contributed by atoms with Gasteiger partial charge in [-0.25, -0.2) is 4.79 Å². The van der Waals surface area contributed by atoms with Gasteiger partial charge < -0.3 is 15.7 Å². The van der Waals surface area contributed by atoms with Crippen molar-refractivity contribution >= 4 is 34.2 Å². The molecule has 2 aromatic carbocycles. The van der Waals surface area contributed by atoms with Gasteiger partial charge in [0.15, 0.2) is 0 Å². The molecule has 3 N–H and O–H groups in total. The van der Waals surface area contributed by atoms with E-state index in [2.05, 4.69) is 9.99 Å². The summed E-state index contributed by atoms with van der Waals surface area (Å²) in [7, 11) is 0. The molecule has 1 aliphatic rings. The minimum absolute atomic E-state index is 0. The molecule has 0 spiro atoms. The summed E-state index contributed by atoms with van der Waals surface area (Å²) in [6, 6.07) is 13.9. The van der Waals surface area contributed by atoms with Crippen LogP contribution in [0.1, 0.15) is 39.7 Å². The van der Waals surface area contributed by atoms with E-state index in [-0.39, 0.29) is 25.1 Å². The highest BCUT2D eigenvalue weighted by atomic mass is 35.5. The first-order chi connectivity index (χ1) is 12.0. The number of benzene rings is 2. The van der Waals surface area contributed by atoms with E-state index in [1.165, 1.54) is 0 Å². The third kappa shape index (κ3) is 4.74. The molecule has 0 aromatic heterocycles. The van der Waals surface area contributed by atoms with Crippen LogP contribution in [0.5, 0.6) is 0 Å². The molecule has 26 heavy (non-hydrogen) atoms. The van der Waals surface area contributed by atoms with E-state index >= 15 is 0 Å². The molecule has 0 aliphatic heterocycles. The second-order valence-corrected chi connectivity index (χ2v) is 6.08. The number of fused-ring (bicyclic) bond motifs is 1. The molecule has 0 unspecified atom stereocenters. The lowest BCUT2D eigenvalue weighted by Gasteiger charge is -2.43. The molecule has 0 heterocycles. The summed E-state index contributed by atoms with van der Waals surface area (Å²) in [4.78, 5) is 15.5. The Morgan fingerprint density at radius 3 is 2.50 bits per heavy atom. The van der Waals surface area contributed by atoms with Crippen LogP contribution >= 0.6 is 11.6 Å². The Labute approximate surface area is 159 Å². The summed E-state index contributed by atoms with van der Waals surface area (Å²) < 4.78 is 0. The van der Waals surface area contributed by atoms with Gasteiger partial charge in [0.2, 0.25) is 0 Å². The smallest absolute Gasteiger partial charge is 0.349 e. The lowest BCUT2D eigenvalue weighted by Crippen LogP contribution is -2.47. The number of carbonyl (C=O) groups is 1. The van der Waals surface area contributed by atoms with Crippen molar-refractivity contribution in [2.75, 3.05) is 5.88 Å². The van der Waals surface area contributed by atoms with Crippen LogP contribution < -0.4 is 5.73 Å².